The van der Waals surface area contributed by atoms with Gasteiger partial charge in [-0.2, -0.15) is 10.5 Å². The highest BCUT2D eigenvalue weighted by molar-refractivity contribution is 5.40. The molecule has 6 heteroatoms. The molecular formula is C10H6F2N2O2. The molecule has 4 nitrogen and oxygen atoms in total. The molecular weight excluding hydrogens is 218 g/mol. The number of hydrogen-bond donors (Lipinski definition) is 2. The van der Waals surface area contributed by atoms with Gasteiger partial charge in [0.15, 0.2) is 17.7 Å². The van der Waals surface area contributed by atoms with Gasteiger partial charge >= 0.3 is 0 Å². The Morgan fingerprint density at radius 3 is 2.19 bits per heavy atom. The number of rotatable bonds is 2. The highest BCUT2D eigenvalue weighted by Gasteiger charge is 2.22. The average Bonchev–Trinajstić information content (AvgIpc) is 2.30. The third-order valence-electron chi connectivity index (χ3n) is 1.96. The summed E-state index contributed by atoms with van der Waals surface area (Å²) in [7, 11) is 0. The first kappa shape index (κ1) is 12.1. The zero-order valence-corrected chi connectivity index (χ0v) is 7.85. The predicted molar refractivity (Wildman–Crippen MR) is 47.7 cm³/mol. The number of aliphatic hydroxyl groups excluding tert-OH is 2. The lowest BCUT2D eigenvalue weighted by molar-refractivity contribution is 0.0523. The minimum Gasteiger partial charge on any atom is -0.384 e. The Balaban J connectivity index is 3.29. The largest absolute Gasteiger partial charge is 0.384 e. The van der Waals surface area contributed by atoms with E-state index in [1.54, 1.807) is 0 Å². The van der Waals surface area contributed by atoms with Crippen LogP contribution in [0.3, 0.4) is 0 Å². The molecule has 0 aliphatic rings. The van der Waals surface area contributed by atoms with E-state index in [9.17, 15) is 13.9 Å². The standard InChI is InChI=1S/C10H6F2N2O2/c11-7-1-5(3-13)6(2-8(7)12)10(16)9(15)4-14/h1-2,9-10,15-16H. The number of benzene rings is 1. The molecule has 0 heterocycles. The zero-order valence-electron chi connectivity index (χ0n) is 7.85. The predicted octanol–water partition coefficient (Wildman–Crippen LogP) is 0.754. The van der Waals surface area contributed by atoms with Crippen molar-refractivity contribution in [3.63, 3.8) is 0 Å². The second kappa shape index (κ2) is 4.67. The summed E-state index contributed by atoms with van der Waals surface area (Å²) in [5, 5.41) is 35.4. The van der Waals surface area contributed by atoms with Crippen molar-refractivity contribution in [1.29, 1.82) is 10.5 Å². The fourth-order valence-corrected chi connectivity index (χ4v) is 1.14. The summed E-state index contributed by atoms with van der Waals surface area (Å²) in [6, 6.07) is 4.04. The van der Waals surface area contributed by atoms with Gasteiger partial charge in [-0.05, 0) is 12.1 Å². The molecule has 1 aromatic rings. The van der Waals surface area contributed by atoms with E-state index in [1.165, 1.54) is 12.1 Å². The first-order valence-electron chi connectivity index (χ1n) is 4.16. The van der Waals surface area contributed by atoms with Gasteiger partial charge in [-0.25, -0.2) is 8.78 Å². The molecule has 2 N–H and O–H groups in total. The van der Waals surface area contributed by atoms with Crippen molar-refractivity contribution in [2.24, 2.45) is 0 Å². The zero-order chi connectivity index (χ0) is 12.3. The second-order valence-electron chi connectivity index (χ2n) is 2.98. The Morgan fingerprint density at radius 1 is 1.12 bits per heavy atom. The maximum atomic E-state index is 12.9. The lowest BCUT2D eigenvalue weighted by Gasteiger charge is -2.13. The summed E-state index contributed by atoms with van der Waals surface area (Å²) < 4.78 is 25.6. The molecule has 0 aromatic heterocycles. The first-order chi connectivity index (χ1) is 7.51. The Kier molecular flexibility index (Phi) is 3.51. The lowest BCUT2D eigenvalue weighted by atomic mass is 9.99. The van der Waals surface area contributed by atoms with E-state index in [1.807, 2.05) is 0 Å². The van der Waals surface area contributed by atoms with Crippen molar-refractivity contribution in [2.45, 2.75) is 12.2 Å². The molecule has 0 saturated carbocycles. The van der Waals surface area contributed by atoms with Crippen molar-refractivity contribution in [1.82, 2.24) is 0 Å². The summed E-state index contributed by atoms with van der Waals surface area (Å²) in [4.78, 5) is 0. The van der Waals surface area contributed by atoms with Crippen molar-refractivity contribution in [2.75, 3.05) is 0 Å². The molecule has 16 heavy (non-hydrogen) atoms. The summed E-state index contributed by atoms with van der Waals surface area (Å²) >= 11 is 0. The van der Waals surface area contributed by atoms with E-state index in [2.05, 4.69) is 0 Å². The van der Waals surface area contributed by atoms with Crippen LogP contribution in [0.4, 0.5) is 8.78 Å². The number of aliphatic hydroxyl groups is 2. The van der Waals surface area contributed by atoms with Crippen molar-refractivity contribution in [3.05, 3.63) is 34.9 Å². The van der Waals surface area contributed by atoms with Gasteiger partial charge in [0.1, 0.15) is 6.10 Å². The highest BCUT2D eigenvalue weighted by Crippen LogP contribution is 2.23. The summed E-state index contributed by atoms with van der Waals surface area (Å²) in [5.41, 5.74) is -0.656. The van der Waals surface area contributed by atoms with Crippen molar-refractivity contribution < 1.29 is 19.0 Å². The first-order valence-corrected chi connectivity index (χ1v) is 4.16. The SMILES string of the molecule is N#Cc1cc(F)c(F)cc1C(O)C(O)C#N. The fraction of sp³-hybridized carbons (Fsp3) is 0.200. The van der Waals surface area contributed by atoms with E-state index < -0.39 is 23.8 Å². The minimum atomic E-state index is -1.81. The van der Waals surface area contributed by atoms with E-state index in [0.717, 1.165) is 0 Å². The molecule has 0 radical (unpaired) electrons. The van der Waals surface area contributed by atoms with Gasteiger partial charge < -0.3 is 10.2 Å². The Bertz CT molecular complexity index is 491. The molecule has 2 atom stereocenters. The molecule has 0 saturated heterocycles. The van der Waals surface area contributed by atoms with Crippen molar-refractivity contribution >= 4 is 0 Å². The monoisotopic (exact) mass is 224 g/mol. The highest BCUT2D eigenvalue weighted by atomic mass is 19.2. The van der Waals surface area contributed by atoms with Crippen LogP contribution in [0.1, 0.15) is 17.2 Å². The second-order valence-corrected chi connectivity index (χ2v) is 2.98. The molecule has 2 unspecified atom stereocenters. The van der Waals surface area contributed by atoms with Crippen LogP contribution in [-0.4, -0.2) is 16.3 Å². The summed E-state index contributed by atoms with van der Waals surface area (Å²) in [5.74, 6) is -2.50. The summed E-state index contributed by atoms with van der Waals surface area (Å²) in [6.07, 6.45) is -3.56. The van der Waals surface area contributed by atoms with Crippen LogP contribution in [0, 0.1) is 34.3 Å². The van der Waals surface area contributed by atoms with Crippen LogP contribution in [0.25, 0.3) is 0 Å². The third-order valence-corrected chi connectivity index (χ3v) is 1.96. The Hall–Kier alpha value is -2.02. The van der Waals surface area contributed by atoms with Gasteiger partial charge in [0.05, 0.1) is 17.7 Å². The third kappa shape index (κ3) is 2.14. The molecule has 0 bridgehead atoms. The van der Waals surface area contributed by atoms with Crippen LogP contribution in [0.5, 0.6) is 0 Å². The van der Waals surface area contributed by atoms with Gasteiger partial charge in [0.2, 0.25) is 0 Å². The minimum absolute atomic E-state index is 0.324. The van der Waals surface area contributed by atoms with Gasteiger partial charge in [-0.15, -0.1) is 0 Å². The maximum absolute atomic E-state index is 12.9. The van der Waals surface area contributed by atoms with Gasteiger partial charge in [0.25, 0.3) is 0 Å². The molecule has 0 amide bonds. The van der Waals surface area contributed by atoms with Crippen molar-refractivity contribution in [3.8, 4) is 12.1 Å². The number of halogens is 2. The van der Waals surface area contributed by atoms with Crippen LogP contribution in [0.2, 0.25) is 0 Å². The lowest BCUT2D eigenvalue weighted by Crippen LogP contribution is -2.17. The van der Waals surface area contributed by atoms with Crippen LogP contribution < -0.4 is 0 Å². The quantitative estimate of drug-likeness (QED) is 0.725. The van der Waals surface area contributed by atoms with Crippen LogP contribution in [0.15, 0.2) is 12.1 Å². The van der Waals surface area contributed by atoms with Gasteiger partial charge in [0, 0.05) is 5.56 Å². The van der Waals surface area contributed by atoms with E-state index >= 15 is 0 Å². The number of hydrogen-bond acceptors (Lipinski definition) is 4. The average molecular weight is 224 g/mol. The molecule has 1 rings (SSSR count). The Labute approximate surface area is 89.6 Å². The normalized spacial score (nSPS) is 13.6. The molecule has 0 aliphatic heterocycles. The van der Waals surface area contributed by atoms with Crippen LogP contribution >= 0.6 is 0 Å². The Morgan fingerprint density at radius 2 is 1.69 bits per heavy atom. The van der Waals surface area contributed by atoms with Gasteiger partial charge in [-0.1, -0.05) is 0 Å². The van der Waals surface area contributed by atoms with E-state index in [4.69, 9.17) is 15.6 Å². The number of nitriles is 2. The number of nitrogens with zero attached hydrogens (tertiary/aromatic N) is 2. The molecule has 0 fully saturated rings. The fourth-order valence-electron chi connectivity index (χ4n) is 1.14. The smallest absolute Gasteiger partial charge is 0.170 e. The van der Waals surface area contributed by atoms with Crippen LogP contribution in [-0.2, 0) is 0 Å². The summed E-state index contributed by atoms with van der Waals surface area (Å²) in [6.45, 7) is 0. The van der Waals surface area contributed by atoms with E-state index in [-0.39, 0.29) is 11.1 Å². The van der Waals surface area contributed by atoms with E-state index in [0.29, 0.717) is 12.1 Å². The molecule has 82 valence electrons. The maximum Gasteiger partial charge on any atom is 0.170 e. The topological polar surface area (TPSA) is 88.0 Å². The molecule has 0 aliphatic carbocycles. The van der Waals surface area contributed by atoms with Gasteiger partial charge in [-0.3, -0.25) is 0 Å². The molecule has 1 aromatic carbocycles. The molecule has 0 spiro atoms.